The summed E-state index contributed by atoms with van der Waals surface area (Å²) >= 11 is 1.43. The van der Waals surface area contributed by atoms with E-state index >= 15 is 0 Å². The Morgan fingerprint density at radius 2 is 2.29 bits per heavy atom. The molecule has 0 saturated carbocycles. The Labute approximate surface area is 142 Å². The number of hydrogen-bond acceptors (Lipinski definition) is 7. The van der Waals surface area contributed by atoms with Crippen molar-refractivity contribution in [1.82, 2.24) is 24.7 Å². The van der Waals surface area contributed by atoms with Crippen molar-refractivity contribution in [2.45, 2.75) is 12.8 Å². The van der Waals surface area contributed by atoms with Crippen molar-refractivity contribution >= 4 is 39.2 Å². The van der Waals surface area contributed by atoms with Gasteiger partial charge in [0.2, 0.25) is 5.91 Å². The van der Waals surface area contributed by atoms with Gasteiger partial charge in [-0.1, -0.05) is 0 Å². The second-order valence-electron chi connectivity index (χ2n) is 5.81. The van der Waals surface area contributed by atoms with Crippen molar-refractivity contribution in [3.8, 4) is 0 Å². The molecule has 0 spiro atoms. The summed E-state index contributed by atoms with van der Waals surface area (Å²) in [5.74, 6) is 0.787. The first-order chi connectivity index (χ1) is 11.7. The van der Waals surface area contributed by atoms with Crippen LogP contribution in [-0.4, -0.2) is 43.7 Å². The molecular weight excluding hydrogens is 326 g/mol. The number of aromatic nitrogens is 5. The third-order valence-electron chi connectivity index (χ3n) is 4.26. The van der Waals surface area contributed by atoms with E-state index in [1.54, 1.807) is 23.4 Å². The predicted molar refractivity (Wildman–Crippen MR) is 92.0 cm³/mol. The van der Waals surface area contributed by atoms with Crippen LogP contribution in [0.2, 0.25) is 0 Å². The number of hydrogen-bond donors (Lipinski definition) is 1. The fourth-order valence-electron chi connectivity index (χ4n) is 3.08. The van der Waals surface area contributed by atoms with E-state index in [-0.39, 0.29) is 11.8 Å². The molecule has 1 atom stereocenters. The highest BCUT2D eigenvalue weighted by Gasteiger charge is 2.28. The smallest absolute Gasteiger partial charge is 0.231 e. The summed E-state index contributed by atoms with van der Waals surface area (Å²) in [7, 11) is 1.86. The first-order valence-electron chi connectivity index (χ1n) is 7.80. The van der Waals surface area contributed by atoms with Crippen molar-refractivity contribution in [2.24, 2.45) is 13.0 Å². The van der Waals surface area contributed by atoms with Crippen LogP contribution in [0.4, 0.5) is 10.9 Å². The fraction of sp³-hybridized carbons (Fsp3) is 0.400. The van der Waals surface area contributed by atoms with Crippen LogP contribution in [0.25, 0.3) is 11.0 Å². The van der Waals surface area contributed by atoms with Gasteiger partial charge in [-0.05, 0) is 12.8 Å². The molecule has 0 radical (unpaired) electrons. The number of aryl methyl sites for hydroxylation is 1. The van der Waals surface area contributed by atoms with E-state index in [2.05, 4.69) is 30.3 Å². The Kier molecular flexibility index (Phi) is 3.85. The molecule has 3 aromatic heterocycles. The molecule has 4 heterocycles. The van der Waals surface area contributed by atoms with Gasteiger partial charge < -0.3 is 10.2 Å². The van der Waals surface area contributed by atoms with Gasteiger partial charge in [0.1, 0.15) is 12.1 Å². The second-order valence-corrected chi connectivity index (χ2v) is 6.71. The maximum absolute atomic E-state index is 12.5. The van der Waals surface area contributed by atoms with Crippen LogP contribution >= 0.6 is 11.3 Å². The summed E-state index contributed by atoms with van der Waals surface area (Å²) in [6.07, 6.45) is 6.84. The van der Waals surface area contributed by atoms with Gasteiger partial charge in [0, 0.05) is 31.7 Å². The highest BCUT2D eigenvalue weighted by molar-refractivity contribution is 7.13. The van der Waals surface area contributed by atoms with Crippen LogP contribution in [0.15, 0.2) is 24.1 Å². The first kappa shape index (κ1) is 15.0. The molecule has 124 valence electrons. The molecule has 24 heavy (non-hydrogen) atoms. The van der Waals surface area contributed by atoms with Crippen LogP contribution in [0, 0.1) is 5.92 Å². The predicted octanol–water partition coefficient (Wildman–Crippen LogP) is 1.67. The molecule has 1 aliphatic heterocycles. The molecule has 1 aliphatic rings. The molecule has 1 amide bonds. The Hall–Kier alpha value is -2.55. The highest BCUT2D eigenvalue weighted by atomic mass is 32.1. The van der Waals surface area contributed by atoms with Gasteiger partial charge in [-0.2, -0.15) is 5.10 Å². The Bertz CT molecular complexity index is 860. The van der Waals surface area contributed by atoms with Crippen molar-refractivity contribution in [3.05, 3.63) is 24.1 Å². The van der Waals surface area contributed by atoms with Gasteiger partial charge in [0.15, 0.2) is 10.8 Å². The minimum atomic E-state index is -0.0793. The zero-order valence-corrected chi connectivity index (χ0v) is 14.0. The van der Waals surface area contributed by atoms with Gasteiger partial charge in [-0.3, -0.25) is 9.48 Å². The van der Waals surface area contributed by atoms with Crippen LogP contribution < -0.4 is 10.2 Å². The summed E-state index contributed by atoms with van der Waals surface area (Å²) in [6, 6.07) is 0. The molecule has 9 heteroatoms. The van der Waals surface area contributed by atoms with Gasteiger partial charge in [0.25, 0.3) is 0 Å². The average molecular weight is 343 g/mol. The molecule has 1 N–H and O–H groups in total. The van der Waals surface area contributed by atoms with Crippen molar-refractivity contribution in [3.63, 3.8) is 0 Å². The topological polar surface area (TPSA) is 88.8 Å². The van der Waals surface area contributed by atoms with Crippen LogP contribution in [0.1, 0.15) is 12.8 Å². The van der Waals surface area contributed by atoms with Gasteiger partial charge in [-0.15, -0.1) is 11.3 Å². The van der Waals surface area contributed by atoms with Crippen LogP contribution in [-0.2, 0) is 11.8 Å². The lowest BCUT2D eigenvalue weighted by atomic mass is 9.97. The second kappa shape index (κ2) is 6.16. The van der Waals surface area contributed by atoms with Crippen LogP contribution in [0.3, 0.4) is 0 Å². The number of carbonyl (C=O) groups is 1. The molecule has 8 nitrogen and oxygen atoms in total. The number of rotatable bonds is 3. The molecule has 4 rings (SSSR count). The van der Waals surface area contributed by atoms with E-state index in [1.807, 2.05) is 12.4 Å². The van der Waals surface area contributed by atoms with Gasteiger partial charge in [-0.25, -0.2) is 15.0 Å². The van der Waals surface area contributed by atoms with Crippen molar-refractivity contribution in [1.29, 1.82) is 0 Å². The lowest BCUT2D eigenvalue weighted by Gasteiger charge is -2.32. The first-order valence-corrected chi connectivity index (χ1v) is 8.68. The Morgan fingerprint density at radius 1 is 1.38 bits per heavy atom. The normalized spacial score (nSPS) is 18.0. The molecule has 0 aromatic carbocycles. The number of carbonyl (C=O) groups excluding carboxylic acids is 1. The number of thiazole rings is 1. The number of piperidine rings is 1. The standard InChI is InChI=1S/C15H17N7OS/c1-21-12-11(7-19-21)13(18-9-17-12)22-5-2-3-10(8-22)14(23)20-15-16-4-6-24-15/h4,6-7,9-10H,2-3,5,8H2,1H3,(H,16,20,23)/t10-/m0/s1. The van der Waals surface area contributed by atoms with E-state index in [9.17, 15) is 4.79 Å². The molecule has 1 fully saturated rings. The molecular formula is C15H17N7OS. The summed E-state index contributed by atoms with van der Waals surface area (Å²) in [4.78, 5) is 27.5. The largest absolute Gasteiger partial charge is 0.355 e. The van der Waals surface area contributed by atoms with Gasteiger partial charge in [0.05, 0.1) is 17.5 Å². The third-order valence-corrected chi connectivity index (χ3v) is 4.95. The zero-order valence-electron chi connectivity index (χ0n) is 13.2. The summed E-state index contributed by atoms with van der Waals surface area (Å²) < 4.78 is 1.73. The maximum Gasteiger partial charge on any atom is 0.231 e. The number of amides is 1. The maximum atomic E-state index is 12.5. The molecule has 3 aromatic rings. The SMILES string of the molecule is Cn1ncc2c(N3CCC[C@H](C(=O)Nc4nccs4)C3)ncnc21. The highest BCUT2D eigenvalue weighted by Crippen LogP contribution is 2.27. The van der Waals surface area contributed by atoms with E-state index in [0.717, 1.165) is 36.2 Å². The quantitative estimate of drug-likeness (QED) is 0.778. The summed E-state index contributed by atoms with van der Waals surface area (Å²) in [5, 5.41) is 10.6. The van der Waals surface area contributed by atoms with Crippen LogP contribution in [0.5, 0.6) is 0 Å². The van der Waals surface area contributed by atoms with E-state index in [0.29, 0.717) is 11.7 Å². The average Bonchev–Trinajstić information content (AvgIpc) is 3.25. The van der Waals surface area contributed by atoms with E-state index in [1.165, 1.54) is 11.3 Å². The Balaban J connectivity index is 1.55. The lowest BCUT2D eigenvalue weighted by Crippen LogP contribution is -2.41. The summed E-state index contributed by atoms with van der Waals surface area (Å²) in [6.45, 7) is 1.51. The van der Waals surface area contributed by atoms with E-state index in [4.69, 9.17) is 0 Å². The Morgan fingerprint density at radius 3 is 3.12 bits per heavy atom. The van der Waals surface area contributed by atoms with Gasteiger partial charge >= 0.3 is 0 Å². The van der Waals surface area contributed by atoms with E-state index < -0.39 is 0 Å². The lowest BCUT2D eigenvalue weighted by molar-refractivity contribution is -0.120. The van der Waals surface area contributed by atoms with Crippen molar-refractivity contribution in [2.75, 3.05) is 23.3 Å². The van der Waals surface area contributed by atoms with Crippen molar-refractivity contribution < 1.29 is 4.79 Å². The monoisotopic (exact) mass is 343 g/mol. The molecule has 0 unspecified atom stereocenters. The number of nitrogens with one attached hydrogen (secondary N) is 1. The molecule has 0 aliphatic carbocycles. The minimum absolute atomic E-state index is 0.0196. The number of nitrogens with zero attached hydrogens (tertiary/aromatic N) is 6. The number of fused-ring (bicyclic) bond motifs is 1. The minimum Gasteiger partial charge on any atom is -0.355 e. The molecule has 1 saturated heterocycles. The third kappa shape index (κ3) is 2.71. The fourth-order valence-corrected chi connectivity index (χ4v) is 3.61. The zero-order chi connectivity index (χ0) is 16.5. The molecule has 0 bridgehead atoms. The number of anilines is 2. The summed E-state index contributed by atoms with van der Waals surface area (Å²) in [5.41, 5.74) is 0.800.